The van der Waals surface area contributed by atoms with Crippen LogP contribution in [0.1, 0.15) is 0 Å². The number of hydrogen-bond donors (Lipinski definition) is 0. The number of fused-ring (bicyclic) bond motifs is 2. The maximum absolute atomic E-state index is 2.55. The average Bonchev–Trinajstić information content (AvgIpc) is 2.64. The van der Waals surface area contributed by atoms with Gasteiger partial charge >= 0.3 is 179 Å². The van der Waals surface area contributed by atoms with Crippen LogP contribution in [-0.2, 0) is 0 Å². The van der Waals surface area contributed by atoms with Crippen LogP contribution in [0.3, 0.4) is 0 Å². The predicted molar refractivity (Wildman–Crippen MR) is 133 cm³/mol. The van der Waals surface area contributed by atoms with E-state index in [1.165, 1.54) is 32.7 Å². The summed E-state index contributed by atoms with van der Waals surface area (Å²) < 4.78 is 3.31. The van der Waals surface area contributed by atoms with Gasteiger partial charge in [-0.15, -0.1) is 0 Å². The minimum absolute atomic E-state index is 1.36. The topological polar surface area (TPSA) is 0 Å². The summed E-state index contributed by atoms with van der Waals surface area (Å²) in [6, 6.07) is 27.7. The molecule has 0 unspecified atom stereocenters. The van der Waals surface area contributed by atoms with Gasteiger partial charge in [0.1, 0.15) is 0 Å². The van der Waals surface area contributed by atoms with E-state index in [0.717, 1.165) is 0 Å². The molecule has 28 heavy (non-hydrogen) atoms. The molecule has 4 aromatic rings. The van der Waals surface area contributed by atoms with Crippen LogP contribution in [0.4, 0.5) is 0 Å². The van der Waals surface area contributed by atoms with Crippen molar-refractivity contribution in [1.29, 1.82) is 0 Å². The van der Waals surface area contributed by atoms with Crippen LogP contribution in [0.25, 0.3) is 32.7 Å². The summed E-state index contributed by atoms with van der Waals surface area (Å²) in [5, 5.41) is 5.49. The second kappa shape index (κ2) is 7.35. The SMILES string of the molecule is [CH3][Sn]([CH3])([CH3])[c]1cc2ccccc2cc1-c1cc2ccccc2c[c]1[Sn]([CH3])([CH3])[CH3]. The molecule has 0 saturated heterocycles. The van der Waals surface area contributed by atoms with Crippen molar-refractivity contribution < 1.29 is 0 Å². The molecule has 2 heteroatoms. The van der Waals surface area contributed by atoms with Crippen LogP contribution in [-0.4, -0.2) is 36.8 Å². The Morgan fingerprint density at radius 2 is 0.714 bits per heavy atom. The minimum atomic E-state index is -2.32. The molecule has 4 rings (SSSR count). The first-order chi connectivity index (χ1) is 13.1. The first-order valence-electron chi connectivity index (χ1n) is 10.2. The van der Waals surface area contributed by atoms with Crippen molar-refractivity contribution >= 4 is 65.5 Å². The monoisotopic (exact) mass is 582 g/mol. The van der Waals surface area contributed by atoms with Gasteiger partial charge < -0.3 is 0 Å². The molecule has 0 heterocycles. The van der Waals surface area contributed by atoms with E-state index in [4.69, 9.17) is 0 Å². The summed E-state index contributed by atoms with van der Waals surface area (Å²) in [5.74, 6) is 0. The van der Waals surface area contributed by atoms with E-state index in [9.17, 15) is 0 Å². The Labute approximate surface area is 177 Å². The standard InChI is InChI=1S/C20H12.6CH3.2Sn/c1-3-7-17-13-19(11-9-15(17)5-1)20-12-10-16-6-2-4-8-18(16)14-20;;;;;;;;/h1-10,13-14H;6*1H3;;. The van der Waals surface area contributed by atoms with Crippen molar-refractivity contribution in [2.24, 2.45) is 0 Å². The van der Waals surface area contributed by atoms with Gasteiger partial charge in [0.15, 0.2) is 0 Å². The van der Waals surface area contributed by atoms with Crippen LogP contribution in [0.15, 0.2) is 72.8 Å². The second-order valence-corrected chi connectivity index (χ2v) is 38.8. The molecule has 0 atom stereocenters. The molecule has 142 valence electrons. The van der Waals surface area contributed by atoms with Crippen molar-refractivity contribution in [1.82, 2.24) is 0 Å². The fourth-order valence-electron chi connectivity index (χ4n) is 4.17. The van der Waals surface area contributed by atoms with Gasteiger partial charge in [-0.1, -0.05) is 0 Å². The molecule has 0 nitrogen and oxygen atoms in total. The third-order valence-corrected chi connectivity index (χ3v) is 17.3. The zero-order valence-corrected chi connectivity index (χ0v) is 23.6. The van der Waals surface area contributed by atoms with Gasteiger partial charge in [-0.3, -0.25) is 0 Å². The van der Waals surface area contributed by atoms with Gasteiger partial charge in [0, 0.05) is 0 Å². The molecule has 0 aliphatic carbocycles. The molecule has 4 aromatic carbocycles. The van der Waals surface area contributed by atoms with Gasteiger partial charge in [0.05, 0.1) is 0 Å². The molecule has 0 aliphatic heterocycles. The Kier molecular flexibility index (Phi) is 5.33. The Bertz CT molecular complexity index is 1080. The third-order valence-electron chi connectivity index (χ3n) is 5.68. The fraction of sp³-hybridized carbons (Fsp3) is 0.231. The van der Waals surface area contributed by atoms with E-state index in [0.29, 0.717) is 0 Å². The van der Waals surface area contributed by atoms with Gasteiger partial charge in [0.25, 0.3) is 0 Å². The zero-order chi connectivity index (χ0) is 20.1. The van der Waals surface area contributed by atoms with Crippen LogP contribution < -0.4 is 7.16 Å². The number of rotatable bonds is 3. The second-order valence-electron chi connectivity index (χ2n) is 9.99. The summed E-state index contributed by atoms with van der Waals surface area (Å²) in [7, 11) is 0. The van der Waals surface area contributed by atoms with Gasteiger partial charge in [-0.25, -0.2) is 0 Å². The van der Waals surface area contributed by atoms with E-state index in [-0.39, 0.29) is 0 Å². The molecule has 0 bridgehead atoms. The number of hydrogen-bond acceptors (Lipinski definition) is 0. The van der Waals surface area contributed by atoms with E-state index in [1.807, 2.05) is 0 Å². The summed E-state index contributed by atoms with van der Waals surface area (Å²) in [4.78, 5) is 15.3. The average molecular weight is 580 g/mol. The first-order valence-corrected chi connectivity index (χ1v) is 30.2. The molecule has 0 N–H and O–H groups in total. The van der Waals surface area contributed by atoms with E-state index in [2.05, 4.69) is 102 Å². The van der Waals surface area contributed by atoms with Crippen LogP contribution in [0, 0.1) is 0 Å². The molecule has 0 aromatic heterocycles. The molecule has 0 saturated carbocycles. The van der Waals surface area contributed by atoms with Crippen molar-refractivity contribution in [3.05, 3.63) is 72.8 Å². The maximum atomic E-state index is 2.55. The first kappa shape index (κ1) is 20.3. The molecule has 0 fully saturated rings. The van der Waals surface area contributed by atoms with Gasteiger partial charge in [-0.05, 0) is 0 Å². The Hall–Kier alpha value is -1.00. The molecule has 0 amide bonds. The quantitative estimate of drug-likeness (QED) is 0.236. The normalized spacial score (nSPS) is 12.6. The Balaban J connectivity index is 2.13. The van der Waals surface area contributed by atoms with E-state index < -0.39 is 36.8 Å². The fourth-order valence-corrected chi connectivity index (χ4v) is 13.3. The van der Waals surface area contributed by atoms with Crippen molar-refractivity contribution in [2.75, 3.05) is 0 Å². The van der Waals surface area contributed by atoms with Crippen molar-refractivity contribution in [3.8, 4) is 11.1 Å². The third kappa shape index (κ3) is 3.87. The van der Waals surface area contributed by atoms with Crippen LogP contribution in [0.5, 0.6) is 0 Å². The van der Waals surface area contributed by atoms with Crippen LogP contribution in [0.2, 0.25) is 29.6 Å². The summed E-state index contributed by atoms with van der Waals surface area (Å²) in [6.45, 7) is 0. The molecule has 0 aliphatic rings. The molecular formula is C26H30Sn2. The van der Waals surface area contributed by atoms with Crippen molar-refractivity contribution in [3.63, 3.8) is 0 Å². The van der Waals surface area contributed by atoms with Crippen molar-refractivity contribution in [2.45, 2.75) is 29.6 Å². The summed E-state index contributed by atoms with van der Waals surface area (Å²) >= 11 is -4.64. The Morgan fingerprint density at radius 1 is 0.429 bits per heavy atom. The molecular weight excluding hydrogens is 550 g/mol. The van der Waals surface area contributed by atoms with E-state index in [1.54, 1.807) is 7.16 Å². The Morgan fingerprint density at radius 3 is 1.00 bits per heavy atom. The zero-order valence-electron chi connectivity index (χ0n) is 17.9. The van der Waals surface area contributed by atoms with Gasteiger partial charge in [-0.2, -0.15) is 0 Å². The summed E-state index contributed by atoms with van der Waals surface area (Å²) in [5.41, 5.74) is 3.02. The van der Waals surface area contributed by atoms with Crippen LogP contribution >= 0.6 is 0 Å². The molecule has 0 spiro atoms. The van der Waals surface area contributed by atoms with Gasteiger partial charge in [0.2, 0.25) is 0 Å². The molecule has 0 radical (unpaired) electrons. The van der Waals surface area contributed by atoms with E-state index >= 15 is 0 Å². The predicted octanol–water partition coefficient (Wildman–Crippen LogP) is 6.75. The summed E-state index contributed by atoms with van der Waals surface area (Å²) in [6.07, 6.45) is 0. The number of benzene rings is 4.